The number of piperidine rings is 1. The number of aromatic nitrogens is 2. The number of para-hydroxylation sites is 2. The van der Waals surface area contributed by atoms with Gasteiger partial charge in [0.1, 0.15) is 0 Å². The minimum Gasteiger partial charge on any atom is -0.306 e. The summed E-state index contributed by atoms with van der Waals surface area (Å²) in [5.74, 6) is 0. The highest BCUT2D eigenvalue weighted by molar-refractivity contribution is 5.75. The number of benzene rings is 1. The molecule has 1 fully saturated rings. The highest BCUT2D eigenvalue weighted by Crippen LogP contribution is 2.25. The topological polar surface area (TPSA) is 41.0 Å². The maximum absolute atomic E-state index is 12.2. The highest BCUT2D eigenvalue weighted by Gasteiger charge is 2.23. The molecule has 0 saturated carbocycles. The fourth-order valence-corrected chi connectivity index (χ4v) is 3.31. The average molecular weight is 309 g/mol. The van der Waals surface area contributed by atoms with E-state index in [1.54, 1.807) is 0 Å². The third kappa shape index (κ3) is 3.21. The van der Waals surface area contributed by atoms with Gasteiger partial charge < -0.3 is 9.88 Å². The molecule has 3 rings (SSSR count). The molecule has 0 radical (unpaired) electrons. The van der Waals surface area contributed by atoms with Crippen molar-refractivity contribution >= 4 is 11.0 Å². The van der Waals surface area contributed by atoms with Gasteiger partial charge in [0.25, 0.3) is 0 Å². The first kappa shape index (κ1) is 15.2. The molecule has 0 bridgehead atoms. The number of imidazole rings is 1. The van der Waals surface area contributed by atoms with Crippen molar-refractivity contribution < 1.29 is 8.78 Å². The van der Waals surface area contributed by atoms with E-state index in [1.165, 1.54) is 0 Å². The number of aromatic amines is 1. The quantitative estimate of drug-likeness (QED) is 0.922. The Balaban J connectivity index is 1.63. The first-order chi connectivity index (χ1) is 10.6. The molecule has 1 aromatic heterocycles. The minimum atomic E-state index is -2.21. The summed E-state index contributed by atoms with van der Waals surface area (Å²) in [5.41, 5.74) is 1.76. The number of H-pyrrole nitrogens is 1. The van der Waals surface area contributed by atoms with E-state index in [-0.39, 0.29) is 18.2 Å². The third-order valence-electron chi connectivity index (χ3n) is 4.44. The molecule has 22 heavy (non-hydrogen) atoms. The second-order valence-electron chi connectivity index (χ2n) is 5.92. The second kappa shape index (κ2) is 6.60. The summed E-state index contributed by atoms with van der Waals surface area (Å²) in [5, 5.41) is 0. The molecule has 0 unspecified atom stereocenters. The van der Waals surface area contributed by atoms with Crippen molar-refractivity contribution in [3.05, 3.63) is 34.7 Å². The molecule has 1 aromatic carbocycles. The van der Waals surface area contributed by atoms with E-state index in [0.717, 1.165) is 43.5 Å². The molecule has 0 amide bonds. The van der Waals surface area contributed by atoms with Crippen LogP contribution >= 0.6 is 0 Å². The van der Waals surface area contributed by atoms with Crippen LogP contribution in [0.15, 0.2) is 29.1 Å². The van der Waals surface area contributed by atoms with Gasteiger partial charge in [-0.25, -0.2) is 13.6 Å². The number of nitrogens with zero attached hydrogens (tertiary/aromatic N) is 2. The largest absolute Gasteiger partial charge is 0.326 e. The molecule has 1 aliphatic heterocycles. The van der Waals surface area contributed by atoms with Gasteiger partial charge in [-0.05, 0) is 37.9 Å². The molecule has 2 aromatic rings. The standard InChI is InChI=1S/C16H21F2N3O/c17-15(18)6-3-9-20-10-7-12(8-11-20)21-14-5-2-1-4-13(14)19-16(21)22/h1-2,4-5,12,15H,3,6-11H2,(H,19,22). The van der Waals surface area contributed by atoms with Crippen LogP contribution in [0.1, 0.15) is 31.7 Å². The number of alkyl halides is 2. The lowest BCUT2D eigenvalue weighted by atomic mass is 10.0. The van der Waals surface area contributed by atoms with Crippen LogP contribution in [0, 0.1) is 0 Å². The van der Waals surface area contributed by atoms with Crippen molar-refractivity contribution in [3.63, 3.8) is 0 Å². The van der Waals surface area contributed by atoms with Crippen molar-refractivity contribution in [2.75, 3.05) is 19.6 Å². The van der Waals surface area contributed by atoms with Crippen LogP contribution in [0.5, 0.6) is 0 Å². The fraction of sp³-hybridized carbons (Fsp3) is 0.562. The number of fused-ring (bicyclic) bond motifs is 1. The molecular weight excluding hydrogens is 288 g/mol. The molecule has 4 nitrogen and oxygen atoms in total. The van der Waals surface area contributed by atoms with Crippen LogP contribution < -0.4 is 5.69 Å². The Morgan fingerprint density at radius 2 is 1.95 bits per heavy atom. The van der Waals surface area contributed by atoms with Crippen LogP contribution in [-0.2, 0) is 0 Å². The summed E-state index contributed by atoms with van der Waals surface area (Å²) in [7, 11) is 0. The van der Waals surface area contributed by atoms with Gasteiger partial charge in [0.15, 0.2) is 0 Å². The average Bonchev–Trinajstić information content (AvgIpc) is 2.83. The van der Waals surface area contributed by atoms with Crippen LogP contribution in [-0.4, -0.2) is 40.5 Å². The number of nitrogens with one attached hydrogen (secondary N) is 1. The van der Waals surface area contributed by atoms with Gasteiger partial charge in [-0.15, -0.1) is 0 Å². The summed E-state index contributed by atoms with van der Waals surface area (Å²) >= 11 is 0. The van der Waals surface area contributed by atoms with E-state index in [4.69, 9.17) is 0 Å². The van der Waals surface area contributed by atoms with Crippen molar-refractivity contribution in [2.24, 2.45) is 0 Å². The van der Waals surface area contributed by atoms with E-state index in [0.29, 0.717) is 6.42 Å². The van der Waals surface area contributed by atoms with E-state index in [9.17, 15) is 13.6 Å². The van der Waals surface area contributed by atoms with Crippen molar-refractivity contribution in [2.45, 2.75) is 38.2 Å². The minimum absolute atomic E-state index is 0.0260. The Labute approximate surface area is 127 Å². The molecule has 0 aliphatic carbocycles. The summed E-state index contributed by atoms with van der Waals surface area (Å²) in [4.78, 5) is 17.3. The summed E-state index contributed by atoms with van der Waals surface area (Å²) in [6.07, 6.45) is 0.0756. The molecule has 0 atom stereocenters. The number of hydrogen-bond acceptors (Lipinski definition) is 2. The zero-order valence-corrected chi connectivity index (χ0v) is 12.5. The van der Waals surface area contributed by atoms with Gasteiger partial charge in [-0.2, -0.15) is 0 Å². The molecule has 0 spiro atoms. The van der Waals surface area contributed by atoms with Gasteiger partial charge in [-0.1, -0.05) is 12.1 Å². The van der Waals surface area contributed by atoms with E-state index >= 15 is 0 Å². The summed E-state index contributed by atoms with van der Waals surface area (Å²) in [6.45, 7) is 2.44. The number of likely N-dealkylation sites (tertiary alicyclic amines) is 1. The van der Waals surface area contributed by atoms with Gasteiger partial charge in [0.05, 0.1) is 11.0 Å². The zero-order chi connectivity index (χ0) is 15.5. The maximum Gasteiger partial charge on any atom is 0.326 e. The first-order valence-corrected chi connectivity index (χ1v) is 7.85. The Bertz CT molecular complexity index is 671. The van der Waals surface area contributed by atoms with Crippen molar-refractivity contribution in [1.82, 2.24) is 14.5 Å². The van der Waals surface area contributed by atoms with Crippen LogP contribution in [0.25, 0.3) is 11.0 Å². The number of rotatable bonds is 5. The monoisotopic (exact) mass is 309 g/mol. The summed E-state index contributed by atoms with van der Waals surface area (Å²) < 4.78 is 26.2. The van der Waals surface area contributed by atoms with E-state index < -0.39 is 6.43 Å². The molecule has 120 valence electrons. The van der Waals surface area contributed by atoms with Gasteiger partial charge in [-0.3, -0.25) is 4.57 Å². The second-order valence-corrected chi connectivity index (χ2v) is 5.92. The third-order valence-corrected chi connectivity index (χ3v) is 4.44. The molecule has 1 aliphatic rings. The molecule has 2 heterocycles. The fourth-order valence-electron chi connectivity index (χ4n) is 3.31. The summed E-state index contributed by atoms with van der Waals surface area (Å²) in [6, 6.07) is 7.91. The van der Waals surface area contributed by atoms with Gasteiger partial charge in [0, 0.05) is 25.6 Å². The Morgan fingerprint density at radius 3 is 2.68 bits per heavy atom. The maximum atomic E-state index is 12.2. The number of hydrogen-bond donors (Lipinski definition) is 1. The number of halogens is 2. The lowest BCUT2D eigenvalue weighted by Crippen LogP contribution is -2.37. The van der Waals surface area contributed by atoms with Gasteiger partial charge >= 0.3 is 5.69 Å². The van der Waals surface area contributed by atoms with Crippen LogP contribution in [0.2, 0.25) is 0 Å². The molecule has 6 heteroatoms. The smallest absolute Gasteiger partial charge is 0.306 e. The normalized spacial score (nSPS) is 17.6. The lowest BCUT2D eigenvalue weighted by molar-refractivity contribution is 0.121. The highest BCUT2D eigenvalue weighted by atomic mass is 19.3. The Morgan fingerprint density at radius 1 is 1.23 bits per heavy atom. The van der Waals surface area contributed by atoms with Crippen LogP contribution in [0.4, 0.5) is 8.78 Å². The Kier molecular flexibility index (Phi) is 4.57. The molecule has 1 N–H and O–H groups in total. The van der Waals surface area contributed by atoms with E-state index in [1.807, 2.05) is 28.8 Å². The van der Waals surface area contributed by atoms with Gasteiger partial charge in [0.2, 0.25) is 6.43 Å². The molecular formula is C16H21F2N3O. The van der Waals surface area contributed by atoms with Crippen molar-refractivity contribution in [3.8, 4) is 0 Å². The SMILES string of the molecule is O=c1[nH]c2ccccc2n1C1CCN(CCCC(F)F)CC1. The van der Waals surface area contributed by atoms with Crippen molar-refractivity contribution in [1.29, 1.82) is 0 Å². The predicted molar refractivity (Wildman–Crippen MR) is 82.5 cm³/mol. The lowest BCUT2D eigenvalue weighted by Gasteiger charge is -2.32. The zero-order valence-electron chi connectivity index (χ0n) is 12.5. The van der Waals surface area contributed by atoms with Crippen LogP contribution in [0.3, 0.4) is 0 Å². The van der Waals surface area contributed by atoms with E-state index in [2.05, 4.69) is 9.88 Å². The molecule has 1 saturated heterocycles. The Hall–Kier alpha value is -1.69. The first-order valence-electron chi connectivity index (χ1n) is 7.85. The predicted octanol–water partition coefficient (Wildman–Crippen LogP) is 3.01.